The molecule has 0 aliphatic heterocycles. The highest BCUT2D eigenvalue weighted by atomic mass is 16.5. The summed E-state index contributed by atoms with van der Waals surface area (Å²) in [6.45, 7) is 5.81. The number of methoxy groups -OCH3 is 1. The lowest BCUT2D eigenvalue weighted by Crippen LogP contribution is -2.21. The van der Waals surface area contributed by atoms with Gasteiger partial charge in [0, 0.05) is 32.9 Å². The Morgan fingerprint density at radius 3 is 3.00 bits per heavy atom. The Balaban J connectivity index is 1.95. The molecule has 0 unspecified atom stereocenters. The Morgan fingerprint density at radius 2 is 2.21 bits per heavy atom. The minimum atomic E-state index is 0.641. The highest BCUT2D eigenvalue weighted by Gasteiger charge is 2.07. The van der Waals surface area contributed by atoms with E-state index in [9.17, 15) is 0 Å². The number of rotatable bonds is 8. The largest absolute Gasteiger partial charge is 0.383 e. The van der Waals surface area contributed by atoms with Crippen LogP contribution in [0.1, 0.15) is 18.4 Å². The maximum atomic E-state index is 5.00. The average molecular weight is 264 g/mol. The van der Waals surface area contributed by atoms with Crippen molar-refractivity contribution in [2.24, 2.45) is 0 Å². The zero-order valence-electron chi connectivity index (χ0n) is 11.4. The van der Waals surface area contributed by atoms with Crippen LogP contribution in [0.15, 0.2) is 18.6 Å². The molecule has 1 N–H and O–H groups in total. The fraction of sp³-hybridized carbons (Fsp3) is 0.583. The van der Waals surface area contributed by atoms with Crippen molar-refractivity contribution in [3.63, 3.8) is 0 Å². The van der Waals surface area contributed by atoms with Gasteiger partial charge in [-0.2, -0.15) is 10.2 Å². The highest BCUT2D eigenvalue weighted by Crippen LogP contribution is 2.03. The number of aromatic nitrogens is 5. The molecular weight excluding hydrogens is 244 g/mol. The van der Waals surface area contributed by atoms with Crippen LogP contribution in [0.4, 0.5) is 0 Å². The lowest BCUT2D eigenvalue weighted by atomic mass is 10.4. The molecule has 104 valence electrons. The molecule has 0 saturated heterocycles. The standard InChI is InChI=1S/C12H20N6O/c1-3-17-12(14-10-16-17)9-18-11(4-5-15-18)8-13-6-7-19-2/h4-5,10,13H,3,6-9H2,1-2H3. The second-order valence-electron chi connectivity index (χ2n) is 4.14. The van der Waals surface area contributed by atoms with Crippen LogP contribution < -0.4 is 5.32 Å². The average Bonchev–Trinajstić information content (AvgIpc) is 3.04. The molecule has 2 heterocycles. The summed E-state index contributed by atoms with van der Waals surface area (Å²) >= 11 is 0. The van der Waals surface area contributed by atoms with E-state index >= 15 is 0 Å². The van der Waals surface area contributed by atoms with Gasteiger partial charge < -0.3 is 10.1 Å². The van der Waals surface area contributed by atoms with Crippen LogP contribution in [0.2, 0.25) is 0 Å². The van der Waals surface area contributed by atoms with E-state index in [-0.39, 0.29) is 0 Å². The van der Waals surface area contributed by atoms with Crippen LogP contribution in [0.25, 0.3) is 0 Å². The van der Waals surface area contributed by atoms with Crippen LogP contribution in [0.5, 0.6) is 0 Å². The van der Waals surface area contributed by atoms with Crippen molar-refractivity contribution in [1.82, 2.24) is 29.9 Å². The molecule has 0 saturated carbocycles. The number of hydrogen-bond donors (Lipinski definition) is 1. The van der Waals surface area contributed by atoms with Gasteiger partial charge >= 0.3 is 0 Å². The van der Waals surface area contributed by atoms with E-state index in [1.54, 1.807) is 19.6 Å². The smallest absolute Gasteiger partial charge is 0.148 e. The fourth-order valence-corrected chi connectivity index (χ4v) is 1.85. The normalized spacial score (nSPS) is 11.1. The lowest BCUT2D eigenvalue weighted by molar-refractivity contribution is 0.199. The van der Waals surface area contributed by atoms with Gasteiger partial charge in [-0.05, 0) is 13.0 Å². The van der Waals surface area contributed by atoms with E-state index in [1.807, 2.05) is 15.4 Å². The van der Waals surface area contributed by atoms with Gasteiger partial charge in [0.1, 0.15) is 18.7 Å². The first kappa shape index (κ1) is 13.7. The maximum Gasteiger partial charge on any atom is 0.148 e. The van der Waals surface area contributed by atoms with Gasteiger partial charge in [0.2, 0.25) is 0 Å². The zero-order chi connectivity index (χ0) is 13.5. The molecule has 2 aromatic heterocycles. The first-order chi connectivity index (χ1) is 9.35. The molecule has 0 amide bonds. The predicted octanol–water partition coefficient (Wildman–Crippen LogP) is 0.279. The maximum absolute atomic E-state index is 5.00. The third-order valence-corrected chi connectivity index (χ3v) is 2.88. The summed E-state index contributed by atoms with van der Waals surface area (Å²) in [7, 11) is 1.70. The third kappa shape index (κ3) is 3.62. The number of ether oxygens (including phenoxy) is 1. The van der Waals surface area contributed by atoms with Gasteiger partial charge in [0.05, 0.1) is 12.3 Å². The van der Waals surface area contributed by atoms with Crippen molar-refractivity contribution in [2.75, 3.05) is 20.3 Å². The quantitative estimate of drug-likeness (QED) is 0.693. The van der Waals surface area contributed by atoms with E-state index in [1.165, 1.54) is 0 Å². The Labute approximate surface area is 112 Å². The molecule has 0 atom stereocenters. The van der Waals surface area contributed by atoms with Crippen molar-refractivity contribution in [3.05, 3.63) is 30.1 Å². The van der Waals surface area contributed by atoms with Gasteiger partial charge in [-0.25, -0.2) is 9.67 Å². The van der Waals surface area contributed by atoms with Gasteiger partial charge in [-0.15, -0.1) is 0 Å². The molecular formula is C12H20N6O. The molecule has 0 aliphatic carbocycles. The van der Waals surface area contributed by atoms with Crippen LogP contribution in [0.3, 0.4) is 0 Å². The Bertz CT molecular complexity index is 492. The van der Waals surface area contributed by atoms with Crippen LogP contribution >= 0.6 is 0 Å². The monoisotopic (exact) mass is 264 g/mol. The van der Waals surface area contributed by atoms with Crippen molar-refractivity contribution in [2.45, 2.75) is 26.6 Å². The molecule has 7 heteroatoms. The van der Waals surface area contributed by atoms with Crippen molar-refractivity contribution in [1.29, 1.82) is 0 Å². The SMILES string of the molecule is CCn1ncnc1Cn1nccc1CNCCOC. The molecule has 0 aliphatic rings. The van der Waals surface area contributed by atoms with E-state index in [2.05, 4.69) is 27.4 Å². The topological polar surface area (TPSA) is 69.8 Å². The van der Waals surface area contributed by atoms with Crippen molar-refractivity contribution in [3.8, 4) is 0 Å². The van der Waals surface area contributed by atoms with Gasteiger partial charge in [0.25, 0.3) is 0 Å². The van der Waals surface area contributed by atoms with Gasteiger partial charge in [-0.3, -0.25) is 4.68 Å². The van der Waals surface area contributed by atoms with Crippen molar-refractivity contribution < 1.29 is 4.74 Å². The fourth-order valence-electron chi connectivity index (χ4n) is 1.85. The molecule has 2 aromatic rings. The van der Waals surface area contributed by atoms with Crippen molar-refractivity contribution >= 4 is 0 Å². The van der Waals surface area contributed by atoms with Crippen LogP contribution in [-0.2, 0) is 24.4 Å². The number of nitrogens with one attached hydrogen (secondary N) is 1. The first-order valence-electron chi connectivity index (χ1n) is 6.42. The van der Waals surface area contributed by atoms with E-state index in [0.717, 1.165) is 31.2 Å². The van der Waals surface area contributed by atoms with Gasteiger partial charge in [0.15, 0.2) is 0 Å². The molecule has 0 spiro atoms. The number of hydrogen-bond acceptors (Lipinski definition) is 5. The minimum Gasteiger partial charge on any atom is -0.383 e. The summed E-state index contributed by atoms with van der Waals surface area (Å²) in [5, 5.41) is 11.8. The second-order valence-corrected chi connectivity index (χ2v) is 4.14. The molecule has 0 fully saturated rings. The minimum absolute atomic E-state index is 0.641. The summed E-state index contributed by atoms with van der Waals surface area (Å²) in [5.74, 6) is 0.921. The summed E-state index contributed by atoms with van der Waals surface area (Å²) in [6, 6.07) is 2.01. The molecule has 0 bridgehead atoms. The summed E-state index contributed by atoms with van der Waals surface area (Å²) < 4.78 is 8.82. The molecule has 2 rings (SSSR count). The first-order valence-corrected chi connectivity index (χ1v) is 6.42. The number of aryl methyl sites for hydroxylation is 1. The number of nitrogens with zero attached hydrogens (tertiary/aromatic N) is 5. The summed E-state index contributed by atoms with van der Waals surface area (Å²) in [4.78, 5) is 4.26. The van der Waals surface area contributed by atoms with Crippen LogP contribution in [-0.4, -0.2) is 44.8 Å². The Morgan fingerprint density at radius 1 is 1.32 bits per heavy atom. The molecule has 7 nitrogen and oxygen atoms in total. The lowest BCUT2D eigenvalue weighted by Gasteiger charge is -2.08. The Kier molecular flexibility index (Phi) is 5.05. The molecule has 0 aromatic carbocycles. The van der Waals surface area contributed by atoms with E-state index in [0.29, 0.717) is 13.2 Å². The molecule has 0 radical (unpaired) electrons. The second kappa shape index (κ2) is 7.01. The summed E-state index contributed by atoms with van der Waals surface area (Å²) in [5.41, 5.74) is 1.13. The zero-order valence-corrected chi connectivity index (χ0v) is 11.4. The molecule has 19 heavy (non-hydrogen) atoms. The third-order valence-electron chi connectivity index (χ3n) is 2.88. The summed E-state index contributed by atoms with van der Waals surface area (Å²) in [6.07, 6.45) is 3.39. The van der Waals surface area contributed by atoms with Crippen LogP contribution in [0, 0.1) is 0 Å². The van der Waals surface area contributed by atoms with E-state index in [4.69, 9.17) is 4.74 Å². The highest BCUT2D eigenvalue weighted by molar-refractivity contribution is 5.02. The van der Waals surface area contributed by atoms with Gasteiger partial charge in [-0.1, -0.05) is 0 Å². The Hall–Kier alpha value is -1.73. The van der Waals surface area contributed by atoms with E-state index < -0.39 is 0 Å². The predicted molar refractivity (Wildman–Crippen MR) is 70.6 cm³/mol.